The molecule has 0 spiro atoms. The molecule has 0 saturated heterocycles. The molecule has 2 rings (SSSR count). The summed E-state index contributed by atoms with van der Waals surface area (Å²) in [5.41, 5.74) is 1.22. The molecule has 1 fully saturated rings. The number of urea groups is 1. The summed E-state index contributed by atoms with van der Waals surface area (Å²) in [5.74, 6) is 0.0403. The number of hydrogen-bond acceptors (Lipinski definition) is 2. The molecule has 0 radical (unpaired) electrons. The van der Waals surface area contributed by atoms with Crippen LogP contribution in [-0.4, -0.2) is 30.3 Å². The molecule has 4 nitrogen and oxygen atoms in total. The Morgan fingerprint density at radius 2 is 2.14 bits per heavy atom. The van der Waals surface area contributed by atoms with Crippen LogP contribution in [0.1, 0.15) is 32.3 Å². The summed E-state index contributed by atoms with van der Waals surface area (Å²) >= 11 is 6.04. The van der Waals surface area contributed by atoms with Crippen molar-refractivity contribution >= 4 is 17.6 Å². The largest absolute Gasteiger partial charge is 0.396 e. The number of benzene rings is 1. The highest BCUT2D eigenvalue weighted by Crippen LogP contribution is 2.48. The first-order chi connectivity index (χ1) is 9.97. The van der Waals surface area contributed by atoms with Crippen LogP contribution in [0.25, 0.3) is 0 Å². The van der Waals surface area contributed by atoms with Crippen LogP contribution in [0.4, 0.5) is 4.79 Å². The Bertz CT molecular complexity index is 503. The van der Waals surface area contributed by atoms with Gasteiger partial charge in [-0.15, -0.1) is 0 Å². The van der Waals surface area contributed by atoms with Gasteiger partial charge in [-0.1, -0.05) is 30.7 Å². The van der Waals surface area contributed by atoms with Gasteiger partial charge in [-0.25, -0.2) is 4.79 Å². The molecule has 0 bridgehead atoms. The van der Waals surface area contributed by atoms with Crippen LogP contribution in [0.3, 0.4) is 0 Å². The predicted octanol–water partition coefficient (Wildman–Crippen LogP) is 2.69. The van der Waals surface area contributed by atoms with Gasteiger partial charge in [0.1, 0.15) is 0 Å². The zero-order valence-corrected chi connectivity index (χ0v) is 13.3. The lowest BCUT2D eigenvalue weighted by molar-refractivity contribution is 0.200. The number of halogens is 1. The van der Waals surface area contributed by atoms with Crippen molar-refractivity contribution in [2.45, 2.75) is 38.1 Å². The number of nitrogens with one attached hydrogen (secondary N) is 2. The highest BCUT2D eigenvalue weighted by molar-refractivity contribution is 6.30. The van der Waals surface area contributed by atoms with E-state index in [2.05, 4.69) is 16.7 Å². The molecule has 1 saturated carbocycles. The first-order valence-corrected chi connectivity index (χ1v) is 7.76. The Balaban J connectivity index is 1.87. The maximum absolute atomic E-state index is 11.9. The molecule has 1 aromatic rings. The standard InChI is InChI=1S/C16H23ClN2O2/c1-11(9-20)12(2)19-15(21)18-10-16(6-7-16)13-4-3-5-14(17)8-13/h3-5,8,11-12,20H,6-7,9-10H2,1-2H3,(H2,18,19,21). The lowest BCUT2D eigenvalue weighted by atomic mass is 9.96. The monoisotopic (exact) mass is 310 g/mol. The molecule has 2 unspecified atom stereocenters. The fourth-order valence-corrected chi connectivity index (χ4v) is 2.53. The fraction of sp³-hybridized carbons (Fsp3) is 0.562. The number of rotatable bonds is 6. The van der Waals surface area contributed by atoms with Crippen LogP contribution in [-0.2, 0) is 5.41 Å². The normalized spacial score (nSPS) is 18.7. The van der Waals surface area contributed by atoms with Crippen LogP contribution < -0.4 is 10.6 Å². The maximum Gasteiger partial charge on any atom is 0.315 e. The minimum absolute atomic E-state index is 0.0358. The lowest BCUT2D eigenvalue weighted by Gasteiger charge is -2.21. The fourth-order valence-electron chi connectivity index (χ4n) is 2.34. The van der Waals surface area contributed by atoms with Gasteiger partial charge in [-0.2, -0.15) is 0 Å². The van der Waals surface area contributed by atoms with Gasteiger partial charge >= 0.3 is 6.03 Å². The summed E-state index contributed by atoms with van der Waals surface area (Å²) in [6.07, 6.45) is 2.13. The Kier molecular flexibility index (Phi) is 5.12. The van der Waals surface area contributed by atoms with E-state index >= 15 is 0 Å². The highest BCUT2D eigenvalue weighted by atomic mass is 35.5. The summed E-state index contributed by atoms with van der Waals surface area (Å²) in [6, 6.07) is 7.61. The van der Waals surface area contributed by atoms with Crippen molar-refractivity contribution in [2.24, 2.45) is 5.92 Å². The van der Waals surface area contributed by atoms with Gasteiger partial charge in [0.05, 0.1) is 0 Å². The van der Waals surface area contributed by atoms with E-state index in [0.717, 1.165) is 17.9 Å². The van der Waals surface area contributed by atoms with Gasteiger partial charge in [0.25, 0.3) is 0 Å². The van der Waals surface area contributed by atoms with Crippen LogP contribution in [0.5, 0.6) is 0 Å². The molecule has 1 aliphatic rings. The highest BCUT2D eigenvalue weighted by Gasteiger charge is 2.44. The van der Waals surface area contributed by atoms with Gasteiger partial charge in [-0.3, -0.25) is 0 Å². The average Bonchev–Trinajstić information content (AvgIpc) is 3.25. The quantitative estimate of drug-likeness (QED) is 0.756. The summed E-state index contributed by atoms with van der Waals surface area (Å²) in [6.45, 7) is 4.47. The molecule has 1 aromatic carbocycles. The number of carbonyl (C=O) groups is 1. The predicted molar refractivity (Wildman–Crippen MR) is 84.6 cm³/mol. The average molecular weight is 311 g/mol. The molecule has 0 aliphatic heterocycles. The summed E-state index contributed by atoms with van der Waals surface area (Å²) in [7, 11) is 0. The minimum atomic E-state index is -0.184. The van der Waals surface area contributed by atoms with Crippen LogP contribution >= 0.6 is 11.6 Å². The minimum Gasteiger partial charge on any atom is -0.396 e. The Labute approximate surface area is 130 Å². The third-order valence-corrected chi connectivity index (χ3v) is 4.61. The SMILES string of the molecule is CC(CO)C(C)NC(=O)NCC1(c2cccc(Cl)c2)CC1. The Morgan fingerprint density at radius 1 is 1.43 bits per heavy atom. The van der Waals surface area contributed by atoms with Crippen molar-refractivity contribution in [1.82, 2.24) is 10.6 Å². The summed E-state index contributed by atoms with van der Waals surface area (Å²) < 4.78 is 0. The Morgan fingerprint density at radius 3 is 2.71 bits per heavy atom. The molecule has 21 heavy (non-hydrogen) atoms. The zero-order valence-electron chi connectivity index (χ0n) is 12.5. The molecule has 2 atom stereocenters. The number of hydrogen-bond donors (Lipinski definition) is 3. The molecule has 2 amide bonds. The van der Waals surface area contributed by atoms with Gasteiger partial charge in [0, 0.05) is 29.6 Å². The second kappa shape index (κ2) is 6.67. The third kappa shape index (κ3) is 4.11. The van der Waals surface area contributed by atoms with Crippen LogP contribution in [0, 0.1) is 5.92 Å². The van der Waals surface area contributed by atoms with E-state index in [9.17, 15) is 4.79 Å². The van der Waals surface area contributed by atoms with E-state index < -0.39 is 0 Å². The third-order valence-electron chi connectivity index (χ3n) is 4.38. The van der Waals surface area contributed by atoms with Gasteiger partial charge in [-0.05, 0) is 43.4 Å². The number of amides is 2. The number of aliphatic hydroxyl groups is 1. The first kappa shape index (κ1) is 16.1. The number of aliphatic hydroxyl groups excluding tert-OH is 1. The molecule has 0 heterocycles. The summed E-state index contributed by atoms with van der Waals surface area (Å²) in [4.78, 5) is 11.9. The van der Waals surface area contributed by atoms with Gasteiger partial charge < -0.3 is 15.7 Å². The molecular formula is C16H23ClN2O2. The smallest absolute Gasteiger partial charge is 0.315 e. The molecule has 5 heteroatoms. The molecule has 1 aliphatic carbocycles. The van der Waals surface area contributed by atoms with Crippen molar-refractivity contribution in [2.75, 3.05) is 13.2 Å². The second-order valence-corrected chi connectivity index (χ2v) is 6.50. The van der Waals surface area contributed by atoms with E-state index in [1.54, 1.807) is 0 Å². The molecule has 3 N–H and O–H groups in total. The van der Waals surface area contributed by atoms with E-state index in [0.29, 0.717) is 6.54 Å². The van der Waals surface area contributed by atoms with E-state index in [-0.39, 0.29) is 30.0 Å². The topological polar surface area (TPSA) is 61.4 Å². The first-order valence-electron chi connectivity index (χ1n) is 7.38. The van der Waals surface area contributed by atoms with Crippen LogP contribution in [0.2, 0.25) is 5.02 Å². The molecule has 116 valence electrons. The van der Waals surface area contributed by atoms with Crippen molar-refractivity contribution < 1.29 is 9.90 Å². The molecule has 0 aromatic heterocycles. The van der Waals surface area contributed by atoms with E-state index in [4.69, 9.17) is 16.7 Å². The summed E-state index contributed by atoms with van der Waals surface area (Å²) in [5, 5.41) is 15.6. The van der Waals surface area contributed by atoms with Gasteiger partial charge in [0.15, 0.2) is 0 Å². The Hall–Kier alpha value is -1.26. The van der Waals surface area contributed by atoms with E-state index in [1.165, 1.54) is 5.56 Å². The zero-order chi connectivity index (χ0) is 15.5. The van der Waals surface area contributed by atoms with Crippen molar-refractivity contribution in [1.29, 1.82) is 0 Å². The van der Waals surface area contributed by atoms with Crippen molar-refractivity contribution in [3.63, 3.8) is 0 Å². The number of carbonyl (C=O) groups excluding carboxylic acids is 1. The lowest BCUT2D eigenvalue weighted by Crippen LogP contribution is -2.46. The molecular weight excluding hydrogens is 288 g/mol. The van der Waals surface area contributed by atoms with Crippen LogP contribution in [0.15, 0.2) is 24.3 Å². The van der Waals surface area contributed by atoms with Crippen molar-refractivity contribution in [3.8, 4) is 0 Å². The maximum atomic E-state index is 11.9. The van der Waals surface area contributed by atoms with Crippen molar-refractivity contribution in [3.05, 3.63) is 34.9 Å². The van der Waals surface area contributed by atoms with Gasteiger partial charge in [0.2, 0.25) is 0 Å². The van der Waals surface area contributed by atoms with E-state index in [1.807, 2.05) is 32.0 Å². The second-order valence-electron chi connectivity index (χ2n) is 6.07.